The third-order valence-corrected chi connectivity index (χ3v) is 4.62. The fraction of sp³-hybridized carbons (Fsp3) is 0.692. The third-order valence-electron chi connectivity index (χ3n) is 3.55. The number of methoxy groups -OCH3 is 1. The molecule has 1 aliphatic rings. The molecule has 0 N–H and O–H groups in total. The number of thiazole rings is 1. The Morgan fingerprint density at radius 3 is 2.67 bits per heavy atom. The number of aromatic nitrogens is 1. The van der Waals surface area contributed by atoms with Crippen LogP contribution >= 0.6 is 11.3 Å². The smallest absolute Gasteiger partial charge is 0.349 e. The molecule has 0 aromatic carbocycles. The van der Waals surface area contributed by atoms with Crippen LogP contribution in [0.15, 0.2) is 6.20 Å². The highest BCUT2D eigenvalue weighted by atomic mass is 32.1. The monoisotopic (exact) mass is 268 g/mol. The Kier molecular flexibility index (Phi) is 4.58. The van der Waals surface area contributed by atoms with Crippen molar-refractivity contribution in [3.63, 3.8) is 0 Å². The summed E-state index contributed by atoms with van der Waals surface area (Å²) >= 11 is 1.41. The first-order valence-corrected chi connectivity index (χ1v) is 7.31. The number of anilines is 1. The van der Waals surface area contributed by atoms with Gasteiger partial charge >= 0.3 is 5.97 Å². The van der Waals surface area contributed by atoms with Crippen LogP contribution in [0.2, 0.25) is 0 Å². The van der Waals surface area contributed by atoms with Crippen LogP contribution in [0.1, 0.15) is 48.2 Å². The molecule has 0 atom stereocenters. The van der Waals surface area contributed by atoms with Gasteiger partial charge < -0.3 is 9.64 Å². The van der Waals surface area contributed by atoms with Crippen molar-refractivity contribution < 1.29 is 9.53 Å². The highest BCUT2D eigenvalue weighted by Crippen LogP contribution is 2.28. The molecule has 1 aromatic heterocycles. The molecule has 1 aliphatic carbocycles. The molecule has 1 heterocycles. The van der Waals surface area contributed by atoms with Crippen molar-refractivity contribution in [2.24, 2.45) is 0 Å². The highest BCUT2D eigenvalue weighted by Gasteiger charge is 2.20. The van der Waals surface area contributed by atoms with Gasteiger partial charge in [0.15, 0.2) is 5.13 Å². The summed E-state index contributed by atoms with van der Waals surface area (Å²) < 4.78 is 4.71. The van der Waals surface area contributed by atoms with Gasteiger partial charge in [-0.15, -0.1) is 0 Å². The molecule has 0 radical (unpaired) electrons. The van der Waals surface area contributed by atoms with Crippen molar-refractivity contribution >= 4 is 22.4 Å². The second-order valence-electron chi connectivity index (χ2n) is 4.75. The molecule has 0 amide bonds. The summed E-state index contributed by atoms with van der Waals surface area (Å²) in [6.07, 6.45) is 9.34. The van der Waals surface area contributed by atoms with E-state index in [0.29, 0.717) is 10.9 Å². The molecule has 1 saturated carbocycles. The van der Waals surface area contributed by atoms with E-state index >= 15 is 0 Å². The van der Waals surface area contributed by atoms with Gasteiger partial charge in [-0.3, -0.25) is 0 Å². The second kappa shape index (κ2) is 6.18. The molecule has 0 aliphatic heterocycles. The number of esters is 1. The lowest BCUT2D eigenvalue weighted by Crippen LogP contribution is -2.30. The van der Waals surface area contributed by atoms with Gasteiger partial charge in [-0.25, -0.2) is 9.78 Å². The maximum absolute atomic E-state index is 11.4. The molecule has 5 heteroatoms. The SMILES string of the molecule is COC(=O)c1cnc(N(C)C2CCCCCC2)s1. The normalized spacial score (nSPS) is 17.2. The van der Waals surface area contributed by atoms with E-state index < -0.39 is 0 Å². The van der Waals surface area contributed by atoms with Crippen molar-refractivity contribution in [3.8, 4) is 0 Å². The Labute approximate surface area is 112 Å². The van der Waals surface area contributed by atoms with Crippen LogP contribution in [-0.4, -0.2) is 31.2 Å². The average molecular weight is 268 g/mol. The maximum Gasteiger partial charge on any atom is 0.349 e. The fourth-order valence-corrected chi connectivity index (χ4v) is 3.29. The summed E-state index contributed by atoms with van der Waals surface area (Å²) in [7, 11) is 3.48. The van der Waals surface area contributed by atoms with Crippen LogP contribution < -0.4 is 4.90 Å². The van der Waals surface area contributed by atoms with Crippen LogP contribution in [0.25, 0.3) is 0 Å². The maximum atomic E-state index is 11.4. The topological polar surface area (TPSA) is 42.4 Å². The van der Waals surface area contributed by atoms with Crippen LogP contribution in [0.3, 0.4) is 0 Å². The van der Waals surface area contributed by atoms with Gasteiger partial charge in [-0.2, -0.15) is 0 Å². The molecule has 100 valence electrons. The highest BCUT2D eigenvalue weighted by molar-refractivity contribution is 7.17. The lowest BCUT2D eigenvalue weighted by atomic mass is 10.1. The van der Waals surface area contributed by atoms with Gasteiger partial charge in [-0.1, -0.05) is 37.0 Å². The standard InChI is InChI=1S/C13H20N2O2S/c1-15(10-7-5-3-4-6-8-10)13-14-9-11(18-13)12(16)17-2/h9-10H,3-8H2,1-2H3. The quantitative estimate of drug-likeness (QED) is 0.624. The van der Waals surface area contributed by atoms with E-state index in [0.717, 1.165) is 5.13 Å². The third kappa shape index (κ3) is 3.02. The Morgan fingerprint density at radius 2 is 2.06 bits per heavy atom. The molecule has 0 bridgehead atoms. The summed E-state index contributed by atoms with van der Waals surface area (Å²) in [4.78, 5) is 18.5. The van der Waals surface area contributed by atoms with Crippen LogP contribution in [0.5, 0.6) is 0 Å². The zero-order valence-corrected chi connectivity index (χ0v) is 11.8. The summed E-state index contributed by atoms with van der Waals surface area (Å²) in [5.74, 6) is -0.298. The van der Waals surface area contributed by atoms with Gasteiger partial charge in [0, 0.05) is 13.1 Å². The number of ether oxygens (including phenoxy) is 1. The Balaban J connectivity index is 2.05. The number of nitrogens with zero attached hydrogens (tertiary/aromatic N) is 2. The molecule has 4 nitrogen and oxygen atoms in total. The molecule has 0 spiro atoms. The number of carbonyl (C=O) groups is 1. The zero-order valence-electron chi connectivity index (χ0n) is 11.0. The summed E-state index contributed by atoms with van der Waals surface area (Å²) in [6.45, 7) is 0. The molecule has 1 fully saturated rings. The number of rotatable bonds is 3. The minimum atomic E-state index is -0.298. The zero-order chi connectivity index (χ0) is 13.0. The fourth-order valence-electron chi connectivity index (χ4n) is 2.42. The lowest BCUT2D eigenvalue weighted by Gasteiger charge is -2.26. The van der Waals surface area contributed by atoms with E-state index in [2.05, 4.69) is 16.9 Å². The number of carbonyl (C=O) groups excluding carboxylic acids is 1. The minimum absolute atomic E-state index is 0.298. The summed E-state index contributed by atoms with van der Waals surface area (Å²) in [6, 6.07) is 0.559. The van der Waals surface area contributed by atoms with E-state index in [9.17, 15) is 4.79 Å². The van der Waals surface area contributed by atoms with E-state index in [-0.39, 0.29) is 5.97 Å². The van der Waals surface area contributed by atoms with Gasteiger partial charge in [0.05, 0.1) is 13.3 Å². The lowest BCUT2D eigenvalue weighted by molar-refractivity contribution is 0.0606. The van der Waals surface area contributed by atoms with Gasteiger partial charge in [-0.05, 0) is 12.8 Å². The largest absolute Gasteiger partial charge is 0.465 e. The van der Waals surface area contributed by atoms with Crippen molar-refractivity contribution in [2.75, 3.05) is 19.1 Å². The van der Waals surface area contributed by atoms with Crippen molar-refractivity contribution in [2.45, 2.75) is 44.6 Å². The molecule has 2 rings (SSSR count). The van der Waals surface area contributed by atoms with Gasteiger partial charge in [0.2, 0.25) is 0 Å². The summed E-state index contributed by atoms with van der Waals surface area (Å²) in [5.41, 5.74) is 0. The number of hydrogen-bond acceptors (Lipinski definition) is 5. The molecular formula is C13H20N2O2S. The van der Waals surface area contributed by atoms with E-state index in [1.54, 1.807) is 6.20 Å². The first-order valence-electron chi connectivity index (χ1n) is 6.49. The van der Waals surface area contributed by atoms with E-state index in [4.69, 9.17) is 4.74 Å². The molecule has 0 unspecified atom stereocenters. The molecule has 1 aromatic rings. The van der Waals surface area contributed by atoms with Gasteiger partial charge in [0.1, 0.15) is 4.88 Å². The Bertz CT molecular complexity index is 397. The van der Waals surface area contributed by atoms with Gasteiger partial charge in [0.25, 0.3) is 0 Å². The van der Waals surface area contributed by atoms with Crippen molar-refractivity contribution in [3.05, 3.63) is 11.1 Å². The van der Waals surface area contributed by atoms with E-state index in [1.807, 2.05) is 0 Å². The first kappa shape index (κ1) is 13.3. The second-order valence-corrected chi connectivity index (χ2v) is 5.76. The predicted molar refractivity (Wildman–Crippen MR) is 73.3 cm³/mol. The van der Waals surface area contributed by atoms with E-state index in [1.165, 1.54) is 57.0 Å². The minimum Gasteiger partial charge on any atom is -0.465 e. The Morgan fingerprint density at radius 1 is 1.39 bits per heavy atom. The first-order chi connectivity index (χ1) is 8.72. The van der Waals surface area contributed by atoms with Crippen molar-refractivity contribution in [1.29, 1.82) is 0 Å². The number of hydrogen-bond donors (Lipinski definition) is 0. The van der Waals surface area contributed by atoms with Crippen LogP contribution in [-0.2, 0) is 4.74 Å². The molecular weight excluding hydrogens is 248 g/mol. The summed E-state index contributed by atoms with van der Waals surface area (Å²) in [5, 5.41) is 0.919. The average Bonchev–Trinajstić information content (AvgIpc) is 2.72. The van der Waals surface area contributed by atoms with Crippen LogP contribution in [0, 0.1) is 0 Å². The van der Waals surface area contributed by atoms with Crippen molar-refractivity contribution in [1.82, 2.24) is 4.98 Å². The molecule has 18 heavy (non-hydrogen) atoms. The predicted octanol–water partition coefficient (Wildman–Crippen LogP) is 3.09. The van der Waals surface area contributed by atoms with Crippen LogP contribution in [0.4, 0.5) is 5.13 Å². The Hall–Kier alpha value is -1.10. The molecule has 0 saturated heterocycles.